The first-order valence-electron chi connectivity index (χ1n) is 5.97. The Hall–Kier alpha value is -2.65. The maximum Gasteiger partial charge on any atom is 0.425 e. The number of hydrogen-bond donors (Lipinski definition) is 2. The van der Waals surface area contributed by atoms with E-state index in [4.69, 9.17) is 0 Å². The first-order chi connectivity index (χ1) is 10.2. The monoisotopic (exact) mass is 316 g/mol. The normalized spacial score (nSPS) is 21.6. The summed E-state index contributed by atoms with van der Waals surface area (Å²) in [6.07, 6.45) is -2.74. The number of hydrogen-bond acceptors (Lipinski definition) is 6. The highest BCUT2D eigenvalue weighted by Crippen LogP contribution is 2.43. The second kappa shape index (κ2) is 5.28. The molecule has 1 aliphatic rings. The van der Waals surface area contributed by atoms with Gasteiger partial charge in [0, 0.05) is 18.1 Å². The molecule has 10 heteroatoms. The van der Waals surface area contributed by atoms with Crippen LogP contribution in [0, 0.1) is 0 Å². The molecule has 0 radical (unpaired) electrons. The van der Waals surface area contributed by atoms with E-state index in [1.54, 1.807) is 0 Å². The number of carbonyl (C=O) groups excluding carboxylic acids is 2. The van der Waals surface area contributed by atoms with Crippen LogP contribution in [0.15, 0.2) is 29.7 Å². The van der Waals surface area contributed by atoms with E-state index >= 15 is 0 Å². The number of carbonyl (C=O) groups is 2. The number of ether oxygens (including phenoxy) is 1. The molecule has 0 unspecified atom stereocenters. The average Bonchev–Trinajstić information content (AvgIpc) is 2.70. The summed E-state index contributed by atoms with van der Waals surface area (Å²) in [7, 11) is 0.922. The van der Waals surface area contributed by atoms with E-state index in [1.807, 2.05) is 10.6 Å². The van der Waals surface area contributed by atoms with Gasteiger partial charge in [-0.1, -0.05) is 0 Å². The first kappa shape index (κ1) is 15.7. The van der Waals surface area contributed by atoms with E-state index in [-0.39, 0.29) is 5.70 Å². The van der Waals surface area contributed by atoms with Gasteiger partial charge >= 0.3 is 12.1 Å². The first-order valence-corrected chi connectivity index (χ1v) is 5.97. The third kappa shape index (κ3) is 2.26. The molecular weight excluding hydrogens is 305 g/mol. The smallest absolute Gasteiger partial charge is 0.425 e. The second-order valence-electron chi connectivity index (χ2n) is 4.39. The molecule has 1 aromatic heterocycles. The van der Waals surface area contributed by atoms with Gasteiger partial charge in [0.05, 0.1) is 7.11 Å². The molecule has 0 aromatic carbocycles. The van der Waals surface area contributed by atoms with Gasteiger partial charge < -0.3 is 15.4 Å². The van der Waals surface area contributed by atoms with Crippen molar-refractivity contribution in [2.45, 2.75) is 18.6 Å². The molecule has 0 fully saturated rings. The number of rotatable bonds is 3. The molecule has 22 heavy (non-hydrogen) atoms. The topological polar surface area (TPSA) is 93.2 Å². The van der Waals surface area contributed by atoms with Gasteiger partial charge in [-0.05, 0) is 13.0 Å². The van der Waals surface area contributed by atoms with Crippen molar-refractivity contribution in [3.8, 4) is 0 Å². The number of allylic oxidation sites excluding steroid dienone is 1. The number of anilines is 1. The van der Waals surface area contributed by atoms with Gasteiger partial charge in [0.25, 0.3) is 5.91 Å². The number of aromatic nitrogens is 2. The molecule has 2 rings (SSSR count). The van der Waals surface area contributed by atoms with Crippen LogP contribution in [0.4, 0.5) is 19.1 Å². The fraction of sp³-hybridized carbons (Fsp3) is 0.333. The van der Waals surface area contributed by atoms with E-state index in [2.05, 4.69) is 14.7 Å². The zero-order chi connectivity index (χ0) is 16.5. The number of halogens is 3. The van der Waals surface area contributed by atoms with Gasteiger partial charge in [-0.15, -0.1) is 0 Å². The Kier molecular flexibility index (Phi) is 3.77. The van der Waals surface area contributed by atoms with Gasteiger partial charge in [-0.2, -0.15) is 13.2 Å². The third-order valence-electron chi connectivity index (χ3n) is 3.07. The van der Waals surface area contributed by atoms with E-state index < -0.39 is 35.1 Å². The van der Waals surface area contributed by atoms with E-state index in [0.717, 1.165) is 7.11 Å². The van der Waals surface area contributed by atoms with Gasteiger partial charge in [-0.3, -0.25) is 4.79 Å². The minimum Gasteiger partial charge on any atom is -0.466 e. The molecule has 1 aromatic rings. The Morgan fingerprint density at radius 3 is 2.45 bits per heavy atom. The standard InChI is InChI=1S/C12H11F3N4O3/c1-6-7(8(20)22-2)11(9(21)18-6,12(13,14)15)19-10-16-4-3-5-17-10/h3-5H,1-2H3,(H,18,21)(H,16,17,19)/t11-/m0/s1. The maximum atomic E-state index is 13.7. The highest BCUT2D eigenvalue weighted by molar-refractivity contribution is 6.10. The SMILES string of the molecule is COC(=O)C1=C(C)NC(=O)[C@]1(Nc1ncccn1)C(F)(F)F. The number of amides is 1. The van der Waals surface area contributed by atoms with E-state index in [0.29, 0.717) is 0 Å². The summed E-state index contributed by atoms with van der Waals surface area (Å²) in [5.41, 5.74) is -4.44. The summed E-state index contributed by atoms with van der Waals surface area (Å²) in [4.78, 5) is 31.0. The highest BCUT2D eigenvalue weighted by Gasteiger charge is 2.68. The van der Waals surface area contributed by atoms with Crippen LogP contribution in [-0.4, -0.2) is 40.7 Å². The fourth-order valence-electron chi connectivity index (χ4n) is 2.12. The lowest BCUT2D eigenvalue weighted by atomic mass is 9.89. The lowest BCUT2D eigenvalue weighted by molar-refractivity contribution is -0.179. The molecule has 7 nitrogen and oxygen atoms in total. The quantitative estimate of drug-likeness (QED) is 0.800. The van der Waals surface area contributed by atoms with Gasteiger partial charge in [0.1, 0.15) is 5.57 Å². The van der Waals surface area contributed by atoms with Crippen molar-refractivity contribution < 1.29 is 27.5 Å². The molecule has 0 spiro atoms. The predicted molar refractivity (Wildman–Crippen MR) is 67.3 cm³/mol. The van der Waals surface area contributed by atoms with Crippen LogP contribution >= 0.6 is 0 Å². The van der Waals surface area contributed by atoms with Crippen LogP contribution in [0.3, 0.4) is 0 Å². The zero-order valence-corrected chi connectivity index (χ0v) is 11.5. The Labute approximate surface area is 122 Å². The number of methoxy groups -OCH3 is 1. The summed E-state index contributed by atoms with van der Waals surface area (Å²) in [5.74, 6) is -3.19. The molecule has 0 saturated carbocycles. The molecule has 0 aliphatic carbocycles. The minimum atomic E-state index is -5.13. The molecule has 2 N–H and O–H groups in total. The predicted octanol–water partition coefficient (Wildman–Crippen LogP) is 0.766. The van der Waals surface area contributed by atoms with Crippen LogP contribution in [0.25, 0.3) is 0 Å². The van der Waals surface area contributed by atoms with Crippen LogP contribution in [0.1, 0.15) is 6.92 Å². The summed E-state index contributed by atoms with van der Waals surface area (Å²) in [6.45, 7) is 1.17. The van der Waals surface area contributed by atoms with Crippen molar-refractivity contribution in [3.63, 3.8) is 0 Å². The molecule has 0 bridgehead atoms. The molecule has 118 valence electrons. The Balaban J connectivity index is 2.63. The van der Waals surface area contributed by atoms with Crippen molar-refractivity contribution in [2.24, 2.45) is 0 Å². The van der Waals surface area contributed by atoms with Crippen molar-refractivity contribution in [1.29, 1.82) is 0 Å². The molecule has 1 atom stereocenters. The fourth-order valence-corrected chi connectivity index (χ4v) is 2.12. The van der Waals surface area contributed by atoms with Crippen molar-refractivity contribution in [3.05, 3.63) is 29.7 Å². The summed E-state index contributed by atoms with van der Waals surface area (Å²) >= 11 is 0. The maximum absolute atomic E-state index is 13.7. The van der Waals surface area contributed by atoms with Crippen LogP contribution in [0.5, 0.6) is 0 Å². The van der Waals surface area contributed by atoms with Crippen LogP contribution in [-0.2, 0) is 14.3 Å². The largest absolute Gasteiger partial charge is 0.466 e. The van der Waals surface area contributed by atoms with E-state index in [9.17, 15) is 22.8 Å². The number of nitrogens with zero attached hydrogens (tertiary/aromatic N) is 2. The lowest BCUT2D eigenvalue weighted by Crippen LogP contribution is -2.60. The molecular formula is C12H11F3N4O3. The van der Waals surface area contributed by atoms with Crippen molar-refractivity contribution in [2.75, 3.05) is 12.4 Å². The molecule has 2 heterocycles. The molecule has 1 aliphatic heterocycles. The zero-order valence-electron chi connectivity index (χ0n) is 11.5. The summed E-state index contributed by atoms with van der Waals surface area (Å²) in [6, 6.07) is 1.39. The Bertz CT molecular complexity index is 645. The average molecular weight is 316 g/mol. The summed E-state index contributed by atoms with van der Waals surface area (Å²) < 4.78 is 45.3. The van der Waals surface area contributed by atoms with Gasteiger partial charge in [0.2, 0.25) is 11.5 Å². The summed E-state index contributed by atoms with van der Waals surface area (Å²) in [5, 5.41) is 3.92. The second-order valence-corrected chi connectivity index (χ2v) is 4.39. The Morgan fingerprint density at radius 2 is 1.95 bits per heavy atom. The molecule has 0 saturated heterocycles. The molecule has 1 amide bonds. The third-order valence-corrected chi connectivity index (χ3v) is 3.07. The number of alkyl halides is 3. The number of esters is 1. The van der Waals surface area contributed by atoms with Gasteiger partial charge in [-0.25, -0.2) is 14.8 Å². The van der Waals surface area contributed by atoms with E-state index in [1.165, 1.54) is 25.4 Å². The van der Waals surface area contributed by atoms with Crippen LogP contribution in [0.2, 0.25) is 0 Å². The van der Waals surface area contributed by atoms with Crippen molar-refractivity contribution >= 4 is 17.8 Å². The van der Waals surface area contributed by atoms with Gasteiger partial charge in [0.15, 0.2) is 0 Å². The number of nitrogens with one attached hydrogen (secondary N) is 2. The highest BCUT2D eigenvalue weighted by atomic mass is 19.4. The van der Waals surface area contributed by atoms with Crippen molar-refractivity contribution in [1.82, 2.24) is 15.3 Å². The Morgan fingerprint density at radius 1 is 1.36 bits per heavy atom. The van der Waals surface area contributed by atoms with Crippen LogP contribution < -0.4 is 10.6 Å². The lowest BCUT2D eigenvalue weighted by Gasteiger charge is -2.31. The minimum absolute atomic E-state index is 0.252.